The Kier molecular flexibility index (Phi) is 6.07. The maximum Gasteiger partial charge on any atom is 0.270 e. The number of amides is 2. The summed E-state index contributed by atoms with van der Waals surface area (Å²) in [4.78, 5) is 49.2. The fourth-order valence-corrected chi connectivity index (χ4v) is 2.54. The second kappa shape index (κ2) is 8.26. The zero-order chi connectivity index (χ0) is 20.1. The SMILES string of the molecule is Cc1cc(C)c(CNC(=O)[C@H](C)NC(=O)c2cccc([N+](=O)[O-])c2)c(=O)[nH]1. The third-order valence-electron chi connectivity index (χ3n) is 3.99. The third kappa shape index (κ3) is 5.00. The number of aromatic amines is 1. The van der Waals surface area contributed by atoms with Crippen molar-refractivity contribution in [2.45, 2.75) is 33.4 Å². The molecule has 27 heavy (non-hydrogen) atoms. The van der Waals surface area contributed by atoms with E-state index >= 15 is 0 Å². The van der Waals surface area contributed by atoms with E-state index in [1.54, 1.807) is 19.9 Å². The minimum absolute atomic E-state index is 0.0251. The molecule has 9 heteroatoms. The summed E-state index contributed by atoms with van der Waals surface area (Å²) in [5, 5.41) is 15.9. The number of hydrogen-bond acceptors (Lipinski definition) is 5. The van der Waals surface area contributed by atoms with Crippen LogP contribution in [-0.4, -0.2) is 27.8 Å². The maximum absolute atomic E-state index is 12.2. The number of nitro benzene ring substituents is 1. The number of H-pyrrole nitrogens is 1. The van der Waals surface area contributed by atoms with Crippen LogP contribution >= 0.6 is 0 Å². The summed E-state index contributed by atoms with van der Waals surface area (Å²) < 4.78 is 0. The molecule has 2 amide bonds. The lowest BCUT2D eigenvalue weighted by molar-refractivity contribution is -0.384. The van der Waals surface area contributed by atoms with E-state index in [-0.39, 0.29) is 23.4 Å². The van der Waals surface area contributed by atoms with E-state index in [0.29, 0.717) is 5.56 Å². The van der Waals surface area contributed by atoms with Gasteiger partial charge in [-0.1, -0.05) is 6.07 Å². The first kappa shape index (κ1) is 19.8. The van der Waals surface area contributed by atoms with Crippen LogP contribution in [-0.2, 0) is 11.3 Å². The van der Waals surface area contributed by atoms with E-state index in [1.165, 1.54) is 25.1 Å². The molecule has 3 N–H and O–H groups in total. The minimum atomic E-state index is -0.887. The predicted molar refractivity (Wildman–Crippen MR) is 98.4 cm³/mol. The van der Waals surface area contributed by atoms with Crippen molar-refractivity contribution in [1.82, 2.24) is 15.6 Å². The number of nitrogens with zero attached hydrogens (tertiary/aromatic N) is 1. The van der Waals surface area contributed by atoms with Gasteiger partial charge in [-0.15, -0.1) is 0 Å². The van der Waals surface area contributed by atoms with Crippen LogP contribution in [0.4, 0.5) is 5.69 Å². The van der Waals surface area contributed by atoms with E-state index in [1.807, 2.05) is 0 Å². The average Bonchev–Trinajstić information content (AvgIpc) is 2.60. The lowest BCUT2D eigenvalue weighted by Crippen LogP contribution is -2.45. The van der Waals surface area contributed by atoms with Crippen LogP contribution < -0.4 is 16.2 Å². The van der Waals surface area contributed by atoms with Gasteiger partial charge in [-0.3, -0.25) is 24.5 Å². The van der Waals surface area contributed by atoms with Gasteiger partial charge in [0.2, 0.25) is 5.91 Å². The highest BCUT2D eigenvalue weighted by Gasteiger charge is 2.18. The van der Waals surface area contributed by atoms with Crippen molar-refractivity contribution >= 4 is 17.5 Å². The summed E-state index contributed by atoms with van der Waals surface area (Å²) in [6.45, 7) is 5.05. The number of aryl methyl sites for hydroxylation is 2. The van der Waals surface area contributed by atoms with Crippen molar-refractivity contribution in [1.29, 1.82) is 0 Å². The monoisotopic (exact) mass is 372 g/mol. The molecule has 2 rings (SSSR count). The predicted octanol–water partition coefficient (Wildman–Crippen LogP) is 1.33. The van der Waals surface area contributed by atoms with Crippen LogP contribution in [0.1, 0.15) is 34.1 Å². The summed E-state index contributed by atoms with van der Waals surface area (Å²) in [5.41, 5.74) is 1.51. The summed E-state index contributed by atoms with van der Waals surface area (Å²) >= 11 is 0. The summed E-state index contributed by atoms with van der Waals surface area (Å²) in [5.74, 6) is -1.08. The van der Waals surface area contributed by atoms with E-state index in [0.717, 1.165) is 17.3 Å². The fraction of sp³-hybridized carbons (Fsp3) is 0.278. The third-order valence-corrected chi connectivity index (χ3v) is 3.99. The average molecular weight is 372 g/mol. The Balaban J connectivity index is 2.00. The van der Waals surface area contributed by atoms with Crippen LogP contribution in [0, 0.1) is 24.0 Å². The smallest absolute Gasteiger partial charge is 0.270 e. The van der Waals surface area contributed by atoms with Crippen molar-refractivity contribution in [2.24, 2.45) is 0 Å². The van der Waals surface area contributed by atoms with E-state index in [2.05, 4.69) is 15.6 Å². The summed E-state index contributed by atoms with van der Waals surface area (Å²) in [6, 6.07) is 6.13. The van der Waals surface area contributed by atoms with Gasteiger partial charge in [0.15, 0.2) is 0 Å². The van der Waals surface area contributed by atoms with Crippen LogP contribution in [0.3, 0.4) is 0 Å². The molecule has 0 bridgehead atoms. The molecular formula is C18H20N4O5. The normalized spacial score (nSPS) is 11.5. The molecule has 1 heterocycles. The Morgan fingerprint density at radius 2 is 1.96 bits per heavy atom. The van der Waals surface area contributed by atoms with Crippen LogP contribution in [0.2, 0.25) is 0 Å². The quantitative estimate of drug-likeness (QED) is 0.519. The lowest BCUT2D eigenvalue weighted by atomic mass is 10.1. The van der Waals surface area contributed by atoms with Gasteiger partial charge in [0.1, 0.15) is 6.04 Å². The first-order chi connectivity index (χ1) is 12.7. The molecular weight excluding hydrogens is 352 g/mol. The van der Waals surface area contributed by atoms with Gasteiger partial charge in [0, 0.05) is 35.5 Å². The largest absolute Gasteiger partial charge is 0.350 e. The van der Waals surface area contributed by atoms with E-state index in [4.69, 9.17) is 0 Å². The maximum atomic E-state index is 12.2. The lowest BCUT2D eigenvalue weighted by Gasteiger charge is -2.15. The van der Waals surface area contributed by atoms with Gasteiger partial charge >= 0.3 is 0 Å². The van der Waals surface area contributed by atoms with Gasteiger partial charge in [-0.05, 0) is 38.5 Å². The molecule has 0 saturated carbocycles. The Morgan fingerprint density at radius 1 is 1.26 bits per heavy atom. The van der Waals surface area contributed by atoms with Crippen molar-refractivity contribution < 1.29 is 14.5 Å². The molecule has 0 spiro atoms. The first-order valence-electron chi connectivity index (χ1n) is 8.21. The number of benzene rings is 1. The molecule has 0 fully saturated rings. The first-order valence-corrected chi connectivity index (χ1v) is 8.21. The van der Waals surface area contributed by atoms with Gasteiger partial charge in [0.05, 0.1) is 4.92 Å². The second-order valence-electron chi connectivity index (χ2n) is 6.16. The van der Waals surface area contributed by atoms with E-state index in [9.17, 15) is 24.5 Å². The zero-order valence-electron chi connectivity index (χ0n) is 15.2. The standard InChI is InChI=1S/C18H20N4O5/c1-10-7-11(2)20-18(25)15(10)9-19-16(23)12(3)21-17(24)13-5-4-6-14(8-13)22(26)27/h4-8,12H,9H2,1-3H3,(H,19,23)(H,20,25)(H,21,24)/t12-/m0/s1. The fourth-order valence-electron chi connectivity index (χ4n) is 2.54. The molecule has 0 radical (unpaired) electrons. The van der Waals surface area contributed by atoms with Crippen molar-refractivity contribution in [3.8, 4) is 0 Å². The highest BCUT2D eigenvalue weighted by molar-refractivity contribution is 5.97. The summed E-state index contributed by atoms with van der Waals surface area (Å²) in [6.07, 6.45) is 0. The number of nitro groups is 1. The van der Waals surface area contributed by atoms with Gasteiger partial charge in [0.25, 0.3) is 17.2 Å². The Bertz CT molecular complexity index is 951. The molecule has 0 saturated heterocycles. The highest BCUT2D eigenvalue weighted by Crippen LogP contribution is 2.13. The number of non-ortho nitro benzene ring substituents is 1. The highest BCUT2D eigenvalue weighted by atomic mass is 16.6. The molecule has 142 valence electrons. The molecule has 0 unspecified atom stereocenters. The number of aromatic nitrogens is 1. The van der Waals surface area contributed by atoms with E-state index < -0.39 is 22.8 Å². The summed E-state index contributed by atoms with van der Waals surface area (Å²) in [7, 11) is 0. The molecule has 0 aliphatic heterocycles. The molecule has 0 aliphatic carbocycles. The Labute approximate surface area is 155 Å². The van der Waals surface area contributed by atoms with Gasteiger partial charge in [-0.25, -0.2) is 0 Å². The Hall–Kier alpha value is -3.49. The number of pyridine rings is 1. The number of carbonyl (C=O) groups excluding carboxylic acids is 2. The Morgan fingerprint density at radius 3 is 2.59 bits per heavy atom. The van der Waals surface area contributed by atoms with Crippen molar-refractivity contribution in [2.75, 3.05) is 0 Å². The topological polar surface area (TPSA) is 134 Å². The van der Waals surface area contributed by atoms with Crippen molar-refractivity contribution in [3.05, 3.63) is 73.2 Å². The van der Waals surface area contributed by atoms with Crippen LogP contribution in [0.25, 0.3) is 0 Å². The number of rotatable bonds is 6. The minimum Gasteiger partial charge on any atom is -0.350 e. The van der Waals surface area contributed by atoms with Gasteiger partial charge < -0.3 is 15.6 Å². The van der Waals surface area contributed by atoms with Crippen molar-refractivity contribution in [3.63, 3.8) is 0 Å². The molecule has 9 nitrogen and oxygen atoms in total. The van der Waals surface area contributed by atoms with Crippen LogP contribution in [0.15, 0.2) is 35.1 Å². The second-order valence-corrected chi connectivity index (χ2v) is 6.16. The molecule has 1 atom stereocenters. The number of nitrogens with one attached hydrogen (secondary N) is 3. The molecule has 0 aliphatic rings. The number of carbonyl (C=O) groups is 2. The van der Waals surface area contributed by atoms with Crippen LogP contribution in [0.5, 0.6) is 0 Å². The molecule has 2 aromatic rings. The molecule has 1 aromatic carbocycles. The molecule has 1 aromatic heterocycles. The number of hydrogen-bond donors (Lipinski definition) is 3. The zero-order valence-corrected chi connectivity index (χ0v) is 15.2. The van der Waals surface area contributed by atoms with Gasteiger partial charge in [-0.2, -0.15) is 0 Å².